The summed E-state index contributed by atoms with van der Waals surface area (Å²) in [7, 11) is 5.43. The summed E-state index contributed by atoms with van der Waals surface area (Å²) in [5.74, 6) is -5.81. The molecule has 7 aromatic rings. The van der Waals surface area contributed by atoms with E-state index in [-0.39, 0.29) is 74.9 Å². The Balaban J connectivity index is 0.000000201. The fourth-order valence-corrected chi connectivity index (χ4v) is 7.46. The summed E-state index contributed by atoms with van der Waals surface area (Å²) in [6, 6.07) is 8.41. The number of anilines is 1. The fraction of sp³-hybridized carbons (Fsp3) is 0.195. The highest BCUT2D eigenvalue weighted by Crippen LogP contribution is 2.47. The first-order valence-corrected chi connectivity index (χ1v) is 18.8. The number of hydrogen-bond acceptors (Lipinski definition) is 12. The number of carbonyl (C=O) groups excluding carboxylic acids is 1. The number of aromatic nitrogens is 6. The van der Waals surface area contributed by atoms with Crippen molar-refractivity contribution in [2.45, 2.75) is 12.5 Å². The molecule has 15 nitrogen and oxygen atoms in total. The SMILES string of the molecule is COc1cc(OC)c(Cl)c(-c2ccc(C(=O)Nc3ncc(CN4CC(F)(F)C4)[nH]3)c3nccnc23)c1Cl.COc1cc(OC)c(F)c(-c2ccc(C(=O)O)c3nccnc23)c1F. The molecule has 0 bridgehead atoms. The lowest BCUT2D eigenvalue weighted by Crippen LogP contribution is -2.55. The minimum Gasteiger partial charge on any atom is -0.495 e. The van der Waals surface area contributed by atoms with E-state index >= 15 is 0 Å². The van der Waals surface area contributed by atoms with Crippen molar-refractivity contribution in [1.29, 1.82) is 0 Å². The van der Waals surface area contributed by atoms with Crippen LogP contribution in [0.1, 0.15) is 26.4 Å². The highest BCUT2D eigenvalue weighted by Gasteiger charge is 2.43. The second kappa shape index (κ2) is 17.6. The lowest BCUT2D eigenvalue weighted by atomic mass is 9.99. The molecule has 320 valence electrons. The van der Waals surface area contributed by atoms with Crippen LogP contribution in [0.4, 0.5) is 23.5 Å². The number of carboxylic acids is 1. The van der Waals surface area contributed by atoms with E-state index in [0.717, 1.165) is 6.07 Å². The molecule has 1 fully saturated rings. The molecule has 1 aliphatic rings. The Morgan fingerprint density at radius 3 is 1.69 bits per heavy atom. The largest absolute Gasteiger partial charge is 0.495 e. The van der Waals surface area contributed by atoms with E-state index in [1.54, 1.807) is 23.1 Å². The molecule has 0 spiro atoms. The zero-order valence-electron chi connectivity index (χ0n) is 32.8. The van der Waals surface area contributed by atoms with Crippen LogP contribution in [-0.4, -0.2) is 99.2 Å². The monoisotopic (exact) mass is 894 g/mol. The van der Waals surface area contributed by atoms with Gasteiger partial charge in [-0.05, 0) is 12.1 Å². The van der Waals surface area contributed by atoms with Crippen LogP contribution in [-0.2, 0) is 6.54 Å². The zero-order valence-corrected chi connectivity index (χ0v) is 34.3. The number of ether oxygens (including phenoxy) is 4. The highest BCUT2D eigenvalue weighted by atomic mass is 35.5. The van der Waals surface area contributed by atoms with Crippen LogP contribution in [0.5, 0.6) is 23.0 Å². The molecule has 0 saturated carbocycles. The van der Waals surface area contributed by atoms with Crippen LogP contribution in [0.15, 0.2) is 67.4 Å². The van der Waals surface area contributed by atoms with Crippen molar-refractivity contribution in [1.82, 2.24) is 34.8 Å². The van der Waals surface area contributed by atoms with E-state index in [4.69, 9.17) is 42.1 Å². The Kier molecular flexibility index (Phi) is 12.3. The van der Waals surface area contributed by atoms with Crippen LogP contribution in [0.25, 0.3) is 44.3 Å². The van der Waals surface area contributed by atoms with Gasteiger partial charge in [-0.1, -0.05) is 35.3 Å². The number of methoxy groups -OCH3 is 4. The van der Waals surface area contributed by atoms with Gasteiger partial charge in [0.05, 0.1) is 91.2 Å². The van der Waals surface area contributed by atoms with Crippen molar-refractivity contribution >= 4 is 63.1 Å². The summed E-state index contributed by atoms with van der Waals surface area (Å²) in [6.45, 7) is -0.344. The number of aromatic amines is 1. The molecule has 8 rings (SSSR count). The molecule has 0 aliphatic carbocycles. The van der Waals surface area contributed by atoms with Gasteiger partial charge >= 0.3 is 5.97 Å². The molecule has 21 heteroatoms. The molecular formula is C41H32Cl2F4N8O7. The number of benzene rings is 4. The molecule has 1 aliphatic heterocycles. The number of hydrogen-bond donors (Lipinski definition) is 3. The molecule has 3 N–H and O–H groups in total. The van der Waals surface area contributed by atoms with Crippen molar-refractivity contribution in [3.05, 3.63) is 106 Å². The third-order valence-electron chi connectivity index (χ3n) is 9.58. The van der Waals surface area contributed by atoms with Gasteiger partial charge in [-0.2, -0.15) is 0 Å². The number of carboxylic acid groups (broad SMARTS) is 1. The molecule has 62 heavy (non-hydrogen) atoms. The van der Waals surface area contributed by atoms with Crippen LogP contribution in [0.2, 0.25) is 10.0 Å². The first kappa shape index (κ1) is 43.3. The summed E-state index contributed by atoms with van der Waals surface area (Å²) < 4.78 is 76.2. The summed E-state index contributed by atoms with van der Waals surface area (Å²) in [4.78, 5) is 50.0. The maximum Gasteiger partial charge on any atom is 0.337 e. The molecular weight excluding hydrogens is 863 g/mol. The van der Waals surface area contributed by atoms with Gasteiger partial charge < -0.3 is 29.0 Å². The van der Waals surface area contributed by atoms with Crippen molar-refractivity contribution in [3.63, 3.8) is 0 Å². The number of nitrogens with one attached hydrogen (secondary N) is 2. The van der Waals surface area contributed by atoms with Gasteiger partial charge in [0.2, 0.25) is 5.95 Å². The number of fused-ring (bicyclic) bond motifs is 2. The Bertz CT molecular complexity index is 2820. The second-order valence-corrected chi connectivity index (χ2v) is 14.2. The number of imidazole rings is 1. The average Bonchev–Trinajstić information content (AvgIpc) is 3.69. The number of aromatic carboxylic acids is 1. The number of H-pyrrole nitrogens is 1. The summed E-state index contributed by atoms with van der Waals surface area (Å²) in [5, 5.41) is 12.4. The van der Waals surface area contributed by atoms with Crippen LogP contribution in [0.3, 0.4) is 0 Å². The molecule has 4 heterocycles. The zero-order chi connectivity index (χ0) is 44.5. The van der Waals surface area contributed by atoms with Crippen LogP contribution in [0, 0.1) is 11.6 Å². The Morgan fingerprint density at radius 1 is 0.726 bits per heavy atom. The van der Waals surface area contributed by atoms with E-state index < -0.39 is 35.0 Å². The van der Waals surface area contributed by atoms with Crippen LogP contribution < -0.4 is 24.3 Å². The smallest absolute Gasteiger partial charge is 0.337 e. The quantitative estimate of drug-likeness (QED) is 0.105. The first-order chi connectivity index (χ1) is 29.7. The lowest BCUT2D eigenvalue weighted by Gasteiger charge is -2.38. The van der Waals surface area contributed by atoms with E-state index in [1.807, 2.05) is 0 Å². The predicted octanol–water partition coefficient (Wildman–Crippen LogP) is 8.34. The minimum absolute atomic E-state index is 0.0214. The number of alkyl halides is 2. The van der Waals surface area contributed by atoms with Crippen molar-refractivity contribution in [3.8, 4) is 45.3 Å². The molecule has 0 unspecified atom stereocenters. The fourth-order valence-electron chi connectivity index (χ4n) is 6.76. The molecule has 0 atom stereocenters. The topological polar surface area (TPSA) is 187 Å². The molecule has 1 amide bonds. The first-order valence-electron chi connectivity index (χ1n) is 18.1. The maximum atomic E-state index is 14.7. The number of halogens is 6. The van der Waals surface area contributed by atoms with Crippen LogP contribution >= 0.6 is 23.2 Å². The maximum absolute atomic E-state index is 14.7. The van der Waals surface area contributed by atoms with E-state index in [1.165, 1.54) is 71.6 Å². The minimum atomic E-state index is -2.66. The standard InChI is InChI=1S/C24H20Cl2F2N6O3.C17H12F2N2O4/c1-36-15-7-16(37-2)19(26)17(18(15)25)13-3-4-14(21-20(13)29-5-6-30-21)22(35)33-23-31-8-12(32-23)9-34-10-24(27,28)11-34;1-24-10-7-11(25-2)14(19)12(13(10)18)8-3-4-9(17(22)23)16-15(8)20-5-6-21-16/h3-8H,9-11H2,1-2H3,(H2,31,32,33,35);3-7H,1-2H3,(H,22,23). The van der Waals surface area contributed by atoms with Gasteiger partial charge in [0.1, 0.15) is 22.5 Å². The summed E-state index contributed by atoms with van der Waals surface area (Å²) in [5.41, 5.74) is 2.03. The number of carbonyl (C=O) groups is 2. The lowest BCUT2D eigenvalue weighted by molar-refractivity contribution is -0.134. The third kappa shape index (κ3) is 8.28. The highest BCUT2D eigenvalue weighted by molar-refractivity contribution is 6.41. The summed E-state index contributed by atoms with van der Waals surface area (Å²) >= 11 is 13.2. The third-order valence-corrected chi connectivity index (χ3v) is 10.3. The Morgan fingerprint density at radius 2 is 1.19 bits per heavy atom. The van der Waals surface area contributed by atoms with E-state index in [9.17, 15) is 32.3 Å². The van der Waals surface area contributed by atoms with E-state index in [2.05, 4.69) is 35.2 Å². The van der Waals surface area contributed by atoms with Crippen molar-refractivity contribution < 1.29 is 51.2 Å². The molecule has 4 aromatic carbocycles. The average molecular weight is 896 g/mol. The van der Waals surface area contributed by atoms with Crippen molar-refractivity contribution in [2.24, 2.45) is 0 Å². The normalized spacial score (nSPS) is 13.2. The Hall–Kier alpha value is -6.83. The number of likely N-dealkylation sites (tertiary alicyclic amines) is 1. The molecule has 1 saturated heterocycles. The molecule has 0 radical (unpaired) electrons. The Labute approximate surface area is 358 Å². The van der Waals surface area contributed by atoms with E-state index in [0.29, 0.717) is 39.4 Å². The van der Waals surface area contributed by atoms with Gasteiger partial charge in [0.25, 0.3) is 11.8 Å². The molecule has 3 aromatic heterocycles. The van der Waals surface area contributed by atoms with Gasteiger partial charge in [0, 0.05) is 60.2 Å². The van der Waals surface area contributed by atoms with Crippen molar-refractivity contribution in [2.75, 3.05) is 46.8 Å². The van der Waals surface area contributed by atoms with Gasteiger partial charge in [0.15, 0.2) is 23.1 Å². The van der Waals surface area contributed by atoms with Gasteiger partial charge in [-0.15, -0.1) is 0 Å². The van der Waals surface area contributed by atoms with Gasteiger partial charge in [-0.3, -0.25) is 34.9 Å². The number of rotatable bonds is 11. The number of nitrogens with zero attached hydrogens (tertiary/aromatic N) is 6. The number of amides is 1. The second-order valence-electron chi connectivity index (χ2n) is 13.4. The predicted molar refractivity (Wildman–Crippen MR) is 220 cm³/mol. The summed E-state index contributed by atoms with van der Waals surface area (Å²) in [6.07, 6.45) is 7.06. The van der Waals surface area contributed by atoms with Gasteiger partial charge in [-0.25, -0.2) is 27.3 Å².